The minimum atomic E-state index is 0.455. The summed E-state index contributed by atoms with van der Waals surface area (Å²) in [7, 11) is 0. The van der Waals surface area contributed by atoms with Crippen LogP contribution in [0.3, 0.4) is 0 Å². The van der Waals surface area contributed by atoms with Gasteiger partial charge in [-0.25, -0.2) is 4.98 Å². The first-order valence-corrected chi connectivity index (χ1v) is 4.71. The summed E-state index contributed by atoms with van der Waals surface area (Å²) in [5.74, 6) is 0.574. The van der Waals surface area contributed by atoms with Crippen molar-refractivity contribution in [2.24, 2.45) is 0 Å². The van der Waals surface area contributed by atoms with Gasteiger partial charge in [-0.3, -0.25) is 0 Å². The highest BCUT2D eigenvalue weighted by Gasteiger charge is 2.02. The lowest BCUT2D eigenvalue weighted by Gasteiger charge is -2.14. The standard InChI is InChI=1S/C10H17N3/c1-3-5-8(2)13-9-6-4-7-12-10(9)11/h4,6-8,13H,3,5H2,1-2H3,(H2,11,12). The van der Waals surface area contributed by atoms with E-state index in [1.807, 2.05) is 12.1 Å². The maximum absolute atomic E-state index is 5.69. The summed E-state index contributed by atoms with van der Waals surface area (Å²) < 4.78 is 0. The summed E-state index contributed by atoms with van der Waals surface area (Å²) in [5.41, 5.74) is 6.63. The molecule has 0 bridgehead atoms. The van der Waals surface area contributed by atoms with Crippen molar-refractivity contribution in [3.63, 3.8) is 0 Å². The van der Waals surface area contributed by atoms with Gasteiger partial charge in [0.1, 0.15) is 5.82 Å². The molecule has 13 heavy (non-hydrogen) atoms. The van der Waals surface area contributed by atoms with E-state index < -0.39 is 0 Å². The summed E-state index contributed by atoms with van der Waals surface area (Å²) in [6.45, 7) is 4.32. The van der Waals surface area contributed by atoms with Crippen molar-refractivity contribution in [1.82, 2.24) is 4.98 Å². The zero-order valence-corrected chi connectivity index (χ0v) is 8.25. The predicted octanol–water partition coefficient (Wildman–Crippen LogP) is 2.26. The SMILES string of the molecule is CCCC(C)Nc1cccnc1N. The van der Waals surface area contributed by atoms with Crippen LogP contribution < -0.4 is 11.1 Å². The highest BCUT2D eigenvalue weighted by atomic mass is 15.0. The largest absolute Gasteiger partial charge is 0.382 e. The molecule has 72 valence electrons. The molecule has 0 spiro atoms. The molecule has 3 N–H and O–H groups in total. The van der Waals surface area contributed by atoms with Crippen LogP contribution in [0.2, 0.25) is 0 Å². The molecule has 0 saturated heterocycles. The van der Waals surface area contributed by atoms with Gasteiger partial charge in [0, 0.05) is 12.2 Å². The van der Waals surface area contributed by atoms with E-state index in [1.54, 1.807) is 6.20 Å². The van der Waals surface area contributed by atoms with Crippen LogP contribution in [0.4, 0.5) is 11.5 Å². The fourth-order valence-corrected chi connectivity index (χ4v) is 1.31. The number of nitrogens with two attached hydrogens (primary N) is 1. The van der Waals surface area contributed by atoms with Gasteiger partial charge in [0.05, 0.1) is 5.69 Å². The van der Waals surface area contributed by atoms with E-state index in [0.29, 0.717) is 11.9 Å². The smallest absolute Gasteiger partial charge is 0.146 e. The molecule has 0 amide bonds. The molecule has 3 heteroatoms. The van der Waals surface area contributed by atoms with Crippen LogP contribution in [0.25, 0.3) is 0 Å². The Morgan fingerprint density at radius 2 is 2.38 bits per heavy atom. The van der Waals surface area contributed by atoms with Gasteiger partial charge >= 0.3 is 0 Å². The molecule has 1 atom stereocenters. The van der Waals surface area contributed by atoms with Crippen molar-refractivity contribution < 1.29 is 0 Å². The Morgan fingerprint density at radius 1 is 1.62 bits per heavy atom. The third-order valence-electron chi connectivity index (χ3n) is 1.96. The number of anilines is 2. The highest BCUT2D eigenvalue weighted by Crippen LogP contribution is 2.15. The second-order valence-corrected chi connectivity index (χ2v) is 3.27. The normalized spacial score (nSPS) is 12.5. The molecule has 1 heterocycles. The van der Waals surface area contributed by atoms with E-state index in [2.05, 4.69) is 24.1 Å². The Hall–Kier alpha value is -1.25. The van der Waals surface area contributed by atoms with Gasteiger partial charge in [-0.2, -0.15) is 0 Å². The van der Waals surface area contributed by atoms with Gasteiger partial charge in [0.2, 0.25) is 0 Å². The molecule has 0 aromatic carbocycles. The quantitative estimate of drug-likeness (QED) is 0.745. The fourth-order valence-electron chi connectivity index (χ4n) is 1.31. The van der Waals surface area contributed by atoms with Crippen LogP contribution in [0.5, 0.6) is 0 Å². The van der Waals surface area contributed by atoms with E-state index in [0.717, 1.165) is 12.1 Å². The Bertz CT molecular complexity index is 260. The highest BCUT2D eigenvalue weighted by molar-refractivity contribution is 5.61. The lowest BCUT2D eigenvalue weighted by molar-refractivity contribution is 0.690. The van der Waals surface area contributed by atoms with Crippen molar-refractivity contribution in [2.75, 3.05) is 11.1 Å². The molecule has 1 aromatic heterocycles. The van der Waals surface area contributed by atoms with Crippen LogP contribution >= 0.6 is 0 Å². The van der Waals surface area contributed by atoms with Gasteiger partial charge in [-0.05, 0) is 25.5 Å². The zero-order chi connectivity index (χ0) is 9.68. The summed E-state index contributed by atoms with van der Waals surface area (Å²) in [6, 6.07) is 4.29. The lowest BCUT2D eigenvalue weighted by atomic mass is 10.2. The number of nitrogens with one attached hydrogen (secondary N) is 1. The molecule has 0 aliphatic rings. The van der Waals surface area contributed by atoms with Gasteiger partial charge in [0.25, 0.3) is 0 Å². The summed E-state index contributed by atoms with van der Waals surface area (Å²) in [5, 5.41) is 3.32. The minimum Gasteiger partial charge on any atom is -0.382 e. The van der Waals surface area contributed by atoms with E-state index >= 15 is 0 Å². The van der Waals surface area contributed by atoms with Crippen molar-refractivity contribution in [1.29, 1.82) is 0 Å². The van der Waals surface area contributed by atoms with Crippen LogP contribution in [0, 0.1) is 0 Å². The van der Waals surface area contributed by atoms with Crippen LogP contribution in [-0.4, -0.2) is 11.0 Å². The molecule has 0 saturated carbocycles. The average Bonchev–Trinajstić information content (AvgIpc) is 2.09. The predicted molar refractivity (Wildman–Crippen MR) is 56.6 cm³/mol. The molecule has 0 aliphatic carbocycles. The van der Waals surface area contributed by atoms with Gasteiger partial charge in [-0.15, -0.1) is 0 Å². The van der Waals surface area contributed by atoms with Crippen molar-refractivity contribution >= 4 is 11.5 Å². The minimum absolute atomic E-state index is 0.455. The molecule has 0 radical (unpaired) electrons. The molecule has 3 nitrogen and oxygen atoms in total. The molecule has 1 rings (SSSR count). The van der Waals surface area contributed by atoms with Gasteiger partial charge in [0.15, 0.2) is 0 Å². The second kappa shape index (κ2) is 4.70. The Balaban J connectivity index is 2.58. The zero-order valence-electron chi connectivity index (χ0n) is 8.25. The number of hydrogen-bond donors (Lipinski definition) is 2. The Labute approximate surface area is 79.4 Å². The maximum atomic E-state index is 5.69. The number of hydrogen-bond acceptors (Lipinski definition) is 3. The van der Waals surface area contributed by atoms with Crippen molar-refractivity contribution in [3.8, 4) is 0 Å². The first kappa shape index (κ1) is 9.84. The summed E-state index contributed by atoms with van der Waals surface area (Å²) in [4.78, 5) is 4.01. The molecule has 1 aromatic rings. The fraction of sp³-hybridized carbons (Fsp3) is 0.500. The number of nitrogens with zero attached hydrogens (tertiary/aromatic N) is 1. The number of rotatable bonds is 4. The van der Waals surface area contributed by atoms with Crippen LogP contribution in [0.1, 0.15) is 26.7 Å². The third kappa shape index (κ3) is 2.93. The van der Waals surface area contributed by atoms with Crippen molar-refractivity contribution in [3.05, 3.63) is 18.3 Å². The number of pyridine rings is 1. The topological polar surface area (TPSA) is 50.9 Å². The monoisotopic (exact) mass is 179 g/mol. The molecule has 0 aliphatic heterocycles. The lowest BCUT2D eigenvalue weighted by Crippen LogP contribution is -2.15. The Kier molecular flexibility index (Phi) is 3.55. The van der Waals surface area contributed by atoms with Crippen LogP contribution in [0.15, 0.2) is 18.3 Å². The third-order valence-corrected chi connectivity index (χ3v) is 1.96. The van der Waals surface area contributed by atoms with E-state index in [-0.39, 0.29) is 0 Å². The first-order chi connectivity index (χ1) is 6.24. The molecule has 1 unspecified atom stereocenters. The van der Waals surface area contributed by atoms with Gasteiger partial charge in [-0.1, -0.05) is 13.3 Å². The molecular weight excluding hydrogens is 162 g/mol. The summed E-state index contributed by atoms with van der Waals surface area (Å²) >= 11 is 0. The maximum Gasteiger partial charge on any atom is 0.146 e. The van der Waals surface area contributed by atoms with Gasteiger partial charge < -0.3 is 11.1 Å². The number of aromatic nitrogens is 1. The molecular formula is C10H17N3. The first-order valence-electron chi connectivity index (χ1n) is 4.71. The van der Waals surface area contributed by atoms with E-state index in [9.17, 15) is 0 Å². The van der Waals surface area contributed by atoms with Crippen molar-refractivity contribution in [2.45, 2.75) is 32.7 Å². The van der Waals surface area contributed by atoms with E-state index in [1.165, 1.54) is 6.42 Å². The Morgan fingerprint density at radius 3 is 3.00 bits per heavy atom. The molecule has 0 fully saturated rings. The average molecular weight is 179 g/mol. The van der Waals surface area contributed by atoms with Crippen LogP contribution in [-0.2, 0) is 0 Å². The summed E-state index contributed by atoms with van der Waals surface area (Å²) in [6.07, 6.45) is 4.02. The number of nitrogen functional groups attached to an aromatic ring is 1. The van der Waals surface area contributed by atoms with E-state index in [4.69, 9.17) is 5.73 Å². The second-order valence-electron chi connectivity index (χ2n) is 3.27.